The van der Waals surface area contributed by atoms with Crippen molar-refractivity contribution >= 4 is 38.2 Å². The number of hydrogen-bond donors (Lipinski definition) is 1. The number of hydrogen-bond acceptors (Lipinski definition) is 6. The van der Waals surface area contributed by atoms with E-state index < -0.39 is 10.0 Å². The second-order valence-corrected chi connectivity index (χ2v) is 12.5. The fraction of sp³-hybridized carbons (Fsp3) is 0.520. The number of carbonyl (C=O) groups is 2. The first kappa shape index (κ1) is 27.3. The Hall–Kier alpha value is -2.27. The predicted molar refractivity (Wildman–Crippen MR) is 141 cm³/mol. The maximum Gasteiger partial charge on any atom is 0.256 e. The Morgan fingerprint density at radius 2 is 1.80 bits per heavy atom. The Morgan fingerprint density at radius 3 is 2.37 bits per heavy atom. The van der Waals surface area contributed by atoms with Crippen LogP contribution < -0.4 is 5.32 Å². The number of sulfonamides is 1. The van der Waals surface area contributed by atoms with E-state index in [2.05, 4.69) is 24.1 Å². The Kier molecular flexibility index (Phi) is 8.74. The van der Waals surface area contributed by atoms with Crippen LogP contribution in [-0.4, -0.2) is 74.6 Å². The van der Waals surface area contributed by atoms with Crippen LogP contribution >= 0.6 is 11.3 Å². The number of amides is 2. The molecule has 0 radical (unpaired) electrons. The van der Waals surface area contributed by atoms with Crippen molar-refractivity contribution in [1.29, 1.82) is 0 Å². The predicted octanol–water partition coefficient (Wildman–Crippen LogP) is 3.89. The van der Waals surface area contributed by atoms with Crippen molar-refractivity contribution < 1.29 is 18.0 Å². The zero-order valence-corrected chi connectivity index (χ0v) is 23.1. The molecule has 1 aromatic carbocycles. The van der Waals surface area contributed by atoms with Gasteiger partial charge in [0.2, 0.25) is 10.0 Å². The number of anilines is 1. The molecule has 0 spiro atoms. The summed E-state index contributed by atoms with van der Waals surface area (Å²) >= 11 is 1.45. The maximum atomic E-state index is 13.1. The summed E-state index contributed by atoms with van der Waals surface area (Å²) in [7, 11) is 1.37. The van der Waals surface area contributed by atoms with Crippen LogP contribution in [0.15, 0.2) is 29.2 Å². The van der Waals surface area contributed by atoms with E-state index in [1.54, 1.807) is 21.1 Å². The molecule has 0 saturated carbocycles. The molecule has 2 heterocycles. The molecule has 0 unspecified atom stereocenters. The third kappa shape index (κ3) is 5.94. The molecule has 0 atom stereocenters. The van der Waals surface area contributed by atoms with E-state index in [4.69, 9.17) is 0 Å². The number of thiophene rings is 1. The van der Waals surface area contributed by atoms with Gasteiger partial charge >= 0.3 is 0 Å². The molecular weight excluding hydrogens is 484 g/mol. The lowest BCUT2D eigenvalue weighted by molar-refractivity contribution is 0.0827. The molecule has 0 aliphatic carbocycles. The lowest BCUT2D eigenvalue weighted by Gasteiger charge is -2.30. The molecular formula is C25H36N4O4S2. The van der Waals surface area contributed by atoms with Crippen LogP contribution in [0.2, 0.25) is 0 Å². The summed E-state index contributed by atoms with van der Waals surface area (Å²) in [6.07, 6.45) is 2.44. The normalized spacial score (nSPS) is 14.3. The molecule has 1 N–H and O–H groups in total. The fourth-order valence-corrected chi connectivity index (χ4v) is 6.51. The summed E-state index contributed by atoms with van der Waals surface area (Å²) in [5.41, 5.74) is 1.90. The first-order valence-electron chi connectivity index (χ1n) is 11.9. The van der Waals surface area contributed by atoms with E-state index in [-0.39, 0.29) is 16.7 Å². The molecule has 2 amide bonds. The average Bonchev–Trinajstić information content (AvgIpc) is 3.18. The molecule has 0 saturated heterocycles. The van der Waals surface area contributed by atoms with Gasteiger partial charge in [-0.2, -0.15) is 0 Å². The highest BCUT2D eigenvalue weighted by Gasteiger charge is 2.30. The molecule has 0 bridgehead atoms. The summed E-state index contributed by atoms with van der Waals surface area (Å²) in [5.74, 6) is -0.507. The van der Waals surface area contributed by atoms with Gasteiger partial charge in [-0.15, -0.1) is 11.3 Å². The second-order valence-electron chi connectivity index (χ2n) is 9.38. The van der Waals surface area contributed by atoms with Crippen LogP contribution in [0.4, 0.5) is 5.00 Å². The molecule has 1 aliphatic heterocycles. The number of rotatable bonds is 9. The zero-order chi connectivity index (χ0) is 25.9. The van der Waals surface area contributed by atoms with Crippen molar-refractivity contribution in [2.75, 3.05) is 39.5 Å². The van der Waals surface area contributed by atoms with Crippen molar-refractivity contribution in [3.8, 4) is 0 Å². The lowest BCUT2D eigenvalue weighted by atomic mass is 10.0. The number of nitrogens with zero attached hydrogens (tertiary/aromatic N) is 3. The van der Waals surface area contributed by atoms with Crippen LogP contribution in [0.1, 0.15) is 64.8 Å². The lowest BCUT2D eigenvalue weighted by Crippen LogP contribution is -2.36. The third-order valence-electron chi connectivity index (χ3n) is 6.32. The monoisotopic (exact) mass is 520 g/mol. The Bertz CT molecular complexity index is 1170. The van der Waals surface area contributed by atoms with Crippen LogP contribution in [-0.2, 0) is 23.0 Å². The van der Waals surface area contributed by atoms with E-state index >= 15 is 0 Å². The average molecular weight is 521 g/mol. The van der Waals surface area contributed by atoms with E-state index in [9.17, 15) is 18.0 Å². The van der Waals surface area contributed by atoms with Gasteiger partial charge in [-0.05, 0) is 56.5 Å². The number of unbranched alkanes of at least 4 members (excludes halogenated alkanes) is 1. The van der Waals surface area contributed by atoms with Crippen molar-refractivity contribution in [1.82, 2.24) is 14.1 Å². The van der Waals surface area contributed by atoms with Gasteiger partial charge in [0.25, 0.3) is 11.8 Å². The van der Waals surface area contributed by atoms with Crippen LogP contribution in [0.25, 0.3) is 0 Å². The quantitative estimate of drug-likeness (QED) is 0.542. The number of fused-ring (bicyclic) bond motifs is 1. The minimum atomic E-state index is -3.61. The highest BCUT2D eigenvalue weighted by molar-refractivity contribution is 7.89. The summed E-state index contributed by atoms with van der Waals surface area (Å²) in [5, 5.41) is 3.47. The Labute approximate surface area is 213 Å². The number of benzene rings is 1. The molecule has 35 heavy (non-hydrogen) atoms. The van der Waals surface area contributed by atoms with Crippen LogP contribution in [0.5, 0.6) is 0 Å². The highest BCUT2D eigenvalue weighted by atomic mass is 32.2. The third-order valence-corrected chi connectivity index (χ3v) is 9.32. The molecule has 0 fully saturated rings. The highest BCUT2D eigenvalue weighted by Crippen LogP contribution is 2.38. The van der Waals surface area contributed by atoms with Gasteiger partial charge in [0.05, 0.1) is 10.5 Å². The molecule has 10 heteroatoms. The first-order chi connectivity index (χ1) is 16.5. The van der Waals surface area contributed by atoms with Gasteiger partial charge in [-0.3, -0.25) is 14.5 Å². The maximum absolute atomic E-state index is 13.1. The van der Waals surface area contributed by atoms with Crippen molar-refractivity contribution in [3.05, 3.63) is 45.8 Å². The topological polar surface area (TPSA) is 90.0 Å². The fourth-order valence-electron chi connectivity index (χ4n) is 4.04. The van der Waals surface area contributed by atoms with E-state index in [0.717, 1.165) is 42.8 Å². The molecule has 8 nitrogen and oxygen atoms in total. The second kappa shape index (κ2) is 11.2. The number of carbonyl (C=O) groups excluding carboxylic acids is 2. The molecule has 3 rings (SSSR count). The molecule has 1 aromatic heterocycles. The van der Waals surface area contributed by atoms with Gasteiger partial charge in [-0.1, -0.05) is 13.3 Å². The largest absolute Gasteiger partial charge is 0.345 e. The SMILES string of the molecule is CCCCN(C)S(=O)(=O)c1ccc(C(=O)Nc2sc3c(c2C(=O)N(C)C)CCN(C(C)C)C3)cc1. The minimum absolute atomic E-state index is 0.132. The molecule has 2 aromatic rings. The Balaban J connectivity index is 1.85. The van der Waals surface area contributed by atoms with Gasteiger partial charge < -0.3 is 10.2 Å². The standard InChI is InChI=1S/C25H36N4O4S2/c1-7-8-14-28(6)35(32,33)19-11-9-18(10-12-19)23(30)26-24-22(25(31)27(4)5)20-13-15-29(17(2)3)16-21(20)34-24/h9-12,17H,7-8,13-16H2,1-6H3,(H,26,30). The minimum Gasteiger partial charge on any atom is -0.345 e. The van der Waals surface area contributed by atoms with Gasteiger partial charge in [0, 0.05) is 57.3 Å². The van der Waals surface area contributed by atoms with E-state index in [1.807, 2.05) is 6.92 Å². The Morgan fingerprint density at radius 1 is 1.14 bits per heavy atom. The van der Waals surface area contributed by atoms with Crippen molar-refractivity contribution in [2.45, 2.75) is 57.5 Å². The summed E-state index contributed by atoms with van der Waals surface area (Å²) < 4.78 is 26.9. The number of nitrogens with one attached hydrogen (secondary N) is 1. The van der Waals surface area contributed by atoms with E-state index in [1.165, 1.54) is 44.8 Å². The summed E-state index contributed by atoms with van der Waals surface area (Å²) in [6.45, 7) is 8.37. The van der Waals surface area contributed by atoms with Crippen LogP contribution in [0.3, 0.4) is 0 Å². The summed E-state index contributed by atoms with van der Waals surface area (Å²) in [4.78, 5) is 31.2. The smallest absolute Gasteiger partial charge is 0.256 e. The first-order valence-corrected chi connectivity index (χ1v) is 14.2. The molecule has 1 aliphatic rings. The van der Waals surface area contributed by atoms with Crippen molar-refractivity contribution in [3.63, 3.8) is 0 Å². The van der Waals surface area contributed by atoms with Gasteiger partial charge in [-0.25, -0.2) is 12.7 Å². The van der Waals surface area contributed by atoms with Crippen molar-refractivity contribution in [2.24, 2.45) is 0 Å². The van der Waals surface area contributed by atoms with E-state index in [0.29, 0.717) is 28.7 Å². The van der Waals surface area contributed by atoms with Gasteiger partial charge in [0.15, 0.2) is 0 Å². The van der Waals surface area contributed by atoms with Gasteiger partial charge in [0.1, 0.15) is 5.00 Å². The van der Waals surface area contributed by atoms with Crippen LogP contribution in [0, 0.1) is 0 Å². The zero-order valence-electron chi connectivity index (χ0n) is 21.4. The molecule has 192 valence electrons. The summed E-state index contributed by atoms with van der Waals surface area (Å²) in [6, 6.07) is 6.33.